The fraction of sp³-hybridized carbons (Fsp3) is 0.583. The number of benzene rings is 1. The molecule has 3 rings (SSSR count). The Hall–Kier alpha value is -2.30. The number of nitrogens with zero attached hydrogens (tertiary/aromatic N) is 2. The molecule has 2 aliphatic heterocycles. The summed E-state index contributed by atoms with van der Waals surface area (Å²) in [7, 11) is 0. The Morgan fingerprint density at radius 1 is 1.34 bits per heavy atom. The third-order valence-electron chi connectivity index (χ3n) is 6.62. The van der Waals surface area contributed by atoms with Crippen molar-refractivity contribution in [3.05, 3.63) is 35.5 Å². The molecule has 0 bridgehead atoms. The average molecular weight is 399 g/mol. The Bertz CT molecular complexity index is 827. The van der Waals surface area contributed by atoms with Crippen molar-refractivity contribution in [3.63, 3.8) is 0 Å². The molecule has 1 aromatic carbocycles. The molecule has 1 fully saturated rings. The lowest BCUT2D eigenvalue weighted by atomic mass is 9.72. The maximum atomic E-state index is 13.3. The van der Waals surface area contributed by atoms with Gasteiger partial charge in [-0.15, -0.1) is 0 Å². The first-order valence-electron chi connectivity index (χ1n) is 10.7. The second-order valence-corrected chi connectivity index (χ2v) is 9.22. The zero-order valence-corrected chi connectivity index (χ0v) is 18.6. The normalized spacial score (nSPS) is 21.3. The summed E-state index contributed by atoms with van der Waals surface area (Å²) in [6, 6.07) is 5.65. The van der Waals surface area contributed by atoms with Crippen molar-refractivity contribution in [2.45, 2.75) is 67.3 Å². The molecule has 2 amide bonds. The topological polar surface area (TPSA) is 49.9 Å². The minimum Gasteiger partial charge on any atom is -0.473 e. The highest BCUT2D eigenvalue weighted by atomic mass is 16.5. The van der Waals surface area contributed by atoms with Gasteiger partial charge in [0.05, 0.1) is 11.6 Å². The molecule has 2 unspecified atom stereocenters. The standard InChI is InChI=1S/C24H34N2O3/c1-7-16(3)13-24(5,6)20-12-22(27)26(23(20)28)19-9-10-21-18(11-19)14-25(15-29-21)17(4)8-2/h8-11,16,20H,7,12-15H2,1-6H3/b17-8+. The number of carbonyl (C=O) groups excluding carboxylic acids is 2. The summed E-state index contributed by atoms with van der Waals surface area (Å²) in [5, 5.41) is 0. The van der Waals surface area contributed by atoms with Gasteiger partial charge in [0.15, 0.2) is 6.73 Å². The highest BCUT2D eigenvalue weighted by Gasteiger charge is 2.47. The molecule has 0 N–H and O–H groups in total. The van der Waals surface area contributed by atoms with Gasteiger partial charge in [-0.05, 0) is 49.8 Å². The molecule has 29 heavy (non-hydrogen) atoms. The zero-order valence-electron chi connectivity index (χ0n) is 18.6. The van der Waals surface area contributed by atoms with Crippen molar-refractivity contribution in [2.24, 2.45) is 17.3 Å². The fourth-order valence-corrected chi connectivity index (χ4v) is 4.48. The number of hydrogen-bond acceptors (Lipinski definition) is 4. The van der Waals surface area contributed by atoms with Crippen molar-refractivity contribution in [1.82, 2.24) is 4.90 Å². The first kappa shape index (κ1) is 21.4. The second kappa shape index (κ2) is 8.21. The first-order chi connectivity index (χ1) is 13.7. The van der Waals surface area contributed by atoms with Crippen molar-refractivity contribution in [2.75, 3.05) is 11.6 Å². The van der Waals surface area contributed by atoms with Crippen LogP contribution in [0, 0.1) is 17.3 Å². The van der Waals surface area contributed by atoms with Crippen molar-refractivity contribution in [1.29, 1.82) is 0 Å². The van der Waals surface area contributed by atoms with Crippen LogP contribution >= 0.6 is 0 Å². The quantitative estimate of drug-likeness (QED) is 0.625. The monoisotopic (exact) mass is 398 g/mol. The van der Waals surface area contributed by atoms with E-state index in [9.17, 15) is 9.59 Å². The van der Waals surface area contributed by atoms with E-state index in [0.717, 1.165) is 29.9 Å². The number of carbonyl (C=O) groups is 2. The van der Waals surface area contributed by atoms with E-state index in [1.165, 1.54) is 4.90 Å². The predicted molar refractivity (Wildman–Crippen MR) is 115 cm³/mol. The van der Waals surface area contributed by atoms with Crippen LogP contribution < -0.4 is 9.64 Å². The molecule has 0 aliphatic carbocycles. The van der Waals surface area contributed by atoms with Gasteiger partial charge in [-0.2, -0.15) is 0 Å². The van der Waals surface area contributed by atoms with Crippen LogP contribution in [-0.2, 0) is 16.1 Å². The Balaban J connectivity index is 1.84. The molecule has 158 valence electrons. The molecule has 0 aromatic heterocycles. The van der Waals surface area contributed by atoms with Crippen molar-refractivity contribution >= 4 is 17.5 Å². The van der Waals surface area contributed by atoms with E-state index < -0.39 is 0 Å². The summed E-state index contributed by atoms with van der Waals surface area (Å²) in [5.74, 6) is 0.917. The van der Waals surface area contributed by atoms with Crippen LogP contribution in [0.1, 0.15) is 66.4 Å². The van der Waals surface area contributed by atoms with E-state index in [4.69, 9.17) is 4.74 Å². The molecular weight excluding hydrogens is 364 g/mol. The van der Waals surface area contributed by atoms with Gasteiger partial charge in [-0.1, -0.05) is 40.2 Å². The summed E-state index contributed by atoms with van der Waals surface area (Å²) in [6.45, 7) is 13.9. The van der Waals surface area contributed by atoms with Gasteiger partial charge in [-0.3, -0.25) is 14.5 Å². The molecular formula is C24H34N2O3. The van der Waals surface area contributed by atoms with Gasteiger partial charge in [0, 0.05) is 24.2 Å². The van der Waals surface area contributed by atoms with Gasteiger partial charge < -0.3 is 9.64 Å². The molecule has 5 heteroatoms. The number of ether oxygens (including phenoxy) is 1. The summed E-state index contributed by atoms with van der Waals surface area (Å²) in [5.41, 5.74) is 2.59. The van der Waals surface area contributed by atoms with E-state index in [1.807, 2.05) is 25.1 Å². The second-order valence-electron chi connectivity index (χ2n) is 9.22. The Morgan fingerprint density at radius 2 is 2.07 bits per heavy atom. The van der Waals surface area contributed by atoms with E-state index in [2.05, 4.69) is 45.6 Å². The van der Waals surface area contributed by atoms with E-state index >= 15 is 0 Å². The number of fused-ring (bicyclic) bond motifs is 1. The number of amides is 2. The van der Waals surface area contributed by atoms with Crippen molar-refractivity contribution in [3.8, 4) is 5.75 Å². The van der Waals surface area contributed by atoms with E-state index in [0.29, 0.717) is 31.3 Å². The molecule has 2 heterocycles. The van der Waals surface area contributed by atoms with Gasteiger partial charge in [0.2, 0.25) is 11.8 Å². The molecule has 2 atom stereocenters. The van der Waals surface area contributed by atoms with Crippen molar-refractivity contribution < 1.29 is 14.3 Å². The van der Waals surface area contributed by atoms with Gasteiger partial charge in [0.1, 0.15) is 5.75 Å². The van der Waals surface area contributed by atoms with Crippen LogP contribution in [0.4, 0.5) is 5.69 Å². The lowest BCUT2D eigenvalue weighted by Crippen LogP contribution is -2.36. The lowest BCUT2D eigenvalue weighted by molar-refractivity contribution is -0.124. The van der Waals surface area contributed by atoms with E-state index in [-0.39, 0.29) is 23.1 Å². The largest absolute Gasteiger partial charge is 0.473 e. The molecule has 1 aromatic rings. The summed E-state index contributed by atoms with van der Waals surface area (Å²) in [6.07, 6.45) is 4.36. The smallest absolute Gasteiger partial charge is 0.237 e. The Labute approximate surface area is 174 Å². The average Bonchev–Trinajstić information content (AvgIpc) is 3.01. The number of rotatable bonds is 6. The van der Waals surface area contributed by atoms with Crippen LogP contribution in [0.3, 0.4) is 0 Å². The van der Waals surface area contributed by atoms with E-state index in [1.54, 1.807) is 0 Å². The Kier molecular flexibility index (Phi) is 6.06. The fourth-order valence-electron chi connectivity index (χ4n) is 4.48. The predicted octanol–water partition coefficient (Wildman–Crippen LogP) is 5.10. The Morgan fingerprint density at radius 3 is 2.72 bits per heavy atom. The number of imide groups is 1. The van der Waals surface area contributed by atoms with Gasteiger partial charge in [0.25, 0.3) is 0 Å². The maximum Gasteiger partial charge on any atom is 0.237 e. The molecule has 1 saturated heterocycles. The van der Waals surface area contributed by atoms with Crippen LogP contribution in [0.25, 0.3) is 0 Å². The summed E-state index contributed by atoms with van der Waals surface area (Å²) in [4.78, 5) is 29.6. The first-order valence-corrected chi connectivity index (χ1v) is 10.7. The maximum absolute atomic E-state index is 13.3. The van der Waals surface area contributed by atoms with Gasteiger partial charge >= 0.3 is 0 Å². The van der Waals surface area contributed by atoms with Crippen LogP contribution in [0.15, 0.2) is 30.0 Å². The lowest BCUT2D eigenvalue weighted by Gasteiger charge is -2.33. The van der Waals surface area contributed by atoms with Crippen LogP contribution in [0.2, 0.25) is 0 Å². The molecule has 2 aliphatic rings. The number of hydrogen-bond donors (Lipinski definition) is 0. The SMILES string of the molecule is C/C=C(\C)N1COc2ccc(N3C(=O)CC(C(C)(C)CC(C)CC)C3=O)cc2C1. The van der Waals surface area contributed by atoms with Gasteiger partial charge in [-0.25, -0.2) is 0 Å². The van der Waals surface area contributed by atoms with Crippen LogP contribution in [-0.4, -0.2) is 23.4 Å². The zero-order chi connectivity index (χ0) is 21.3. The molecule has 5 nitrogen and oxygen atoms in total. The third kappa shape index (κ3) is 4.19. The highest BCUT2D eigenvalue weighted by molar-refractivity contribution is 6.21. The summed E-state index contributed by atoms with van der Waals surface area (Å²) >= 11 is 0. The molecule has 0 saturated carbocycles. The molecule has 0 spiro atoms. The third-order valence-corrected chi connectivity index (χ3v) is 6.62. The molecule has 0 radical (unpaired) electrons. The number of anilines is 1. The highest BCUT2D eigenvalue weighted by Crippen LogP contribution is 2.43. The summed E-state index contributed by atoms with van der Waals surface area (Å²) < 4.78 is 5.86. The minimum atomic E-state index is -0.266. The minimum absolute atomic E-state index is 0.0681. The van der Waals surface area contributed by atoms with Crippen LogP contribution in [0.5, 0.6) is 5.75 Å². The number of allylic oxidation sites excluding steroid dienone is 2.